The molecule has 3 aromatic heterocycles. The molecule has 3 nitrogen and oxygen atoms in total. The van der Waals surface area contributed by atoms with Gasteiger partial charge >= 0.3 is 0 Å². The van der Waals surface area contributed by atoms with E-state index in [1.54, 1.807) is 22.7 Å². The summed E-state index contributed by atoms with van der Waals surface area (Å²) in [4.78, 5) is 4.99. The van der Waals surface area contributed by atoms with Crippen LogP contribution in [0.2, 0.25) is 0 Å². The van der Waals surface area contributed by atoms with Crippen molar-refractivity contribution in [1.29, 1.82) is 0 Å². The van der Waals surface area contributed by atoms with Crippen molar-refractivity contribution in [2.75, 3.05) is 0 Å². The summed E-state index contributed by atoms with van der Waals surface area (Å²) in [6, 6.07) is 4.16. The first kappa shape index (κ1) is 9.08. The summed E-state index contributed by atoms with van der Waals surface area (Å²) in [7, 11) is 0. The molecular formula is C10H7NO2S2. The zero-order chi connectivity index (χ0) is 10.3. The molecule has 0 saturated heterocycles. The Bertz CT molecular complexity index is 565. The molecule has 0 spiro atoms. The number of thiophene rings is 2. The zero-order valence-electron chi connectivity index (χ0n) is 7.64. The van der Waals surface area contributed by atoms with E-state index in [-0.39, 0.29) is 6.61 Å². The minimum Gasteiger partial charge on any atom is -0.442 e. The van der Waals surface area contributed by atoms with Crippen molar-refractivity contribution >= 4 is 32.1 Å². The number of aromatic nitrogens is 1. The number of aliphatic hydroxyl groups is 1. The predicted molar refractivity (Wildman–Crippen MR) is 61.1 cm³/mol. The summed E-state index contributed by atoms with van der Waals surface area (Å²) in [6.45, 7) is -0.0859. The van der Waals surface area contributed by atoms with Gasteiger partial charge in [-0.2, -0.15) is 0 Å². The van der Waals surface area contributed by atoms with Crippen LogP contribution in [-0.4, -0.2) is 10.1 Å². The molecule has 0 saturated carbocycles. The van der Waals surface area contributed by atoms with E-state index in [1.807, 2.05) is 0 Å². The van der Waals surface area contributed by atoms with Crippen LogP contribution in [0.1, 0.15) is 5.69 Å². The summed E-state index contributed by atoms with van der Waals surface area (Å²) < 4.78 is 7.78. The summed E-state index contributed by atoms with van der Waals surface area (Å²) in [5.74, 6) is 0.686. The van der Waals surface area contributed by atoms with Gasteiger partial charge in [-0.25, -0.2) is 4.98 Å². The molecule has 0 aromatic carbocycles. The van der Waals surface area contributed by atoms with E-state index in [0.29, 0.717) is 11.5 Å². The van der Waals surface area contributed by atoms with Crippen LogP contribution in [0.5, 0.6) is 0 Å². The van der Waals surface area contributed by atoms with Crippen molar-refractivity contribution in [3.63, 3.8) is 0 Å². The molecule has 5 heteroatoms. The molecule has 0 amide bonds. The predicted octanol–water partition coefficient (Wildman–Crippen LogP) is 3.11. The Morgan fingerprint density at radius 3 is 3.13 bits per heavy atom. The van der Waals surface area contributed by atoms with Gasteiger partial charge in [0.15, 0.2) is 12.2 Å². The van der Waals surface area contributed by atoms with E-state index in [9.17, 15) is 0 Å². The number of hydrogen-bond acceptors (Lipinski definition) is 5. The van der Waals surface area contributed by atoms with Crippen molar-refractivity contribution in [2.24, 2.45) is 0 Å². The lowest BCUT2D eigenvalue weighted by Crippen LogP contribution is -1.84. The van der Waals surface area contributed by atoms with Gasteiger partial charge < -0.3 is 9.52 Å². The van der Waals surface area contributed by atoms with E-state index >= 15 is 0 Å². The van der Waals surface area contributed by atoms with Crippen molar-refractivity contribution in [2.45, 2.75) is 6.61 Å². The number of nitrogens with zero attached hydrogens (tertiary/aromatic N) is 1. The van der Waals surface area contributed by atoms with Crippen LogP contribution in [0.4, 0.5) is 0 Å². The van der Waals surface area contributed by atoms with E-state index in [1.165, 1.54) is 15.8 Å². The number of aliphatic hydroxyl groups excluding tert-OH is 1. The van der Waals surface area contributed by atoms with Crippen molar-refractivity contribution in [1.82, 2.24) is 4.98 Å². The number of rotatable bonds is 2. The van der Waals surface area contributed by atoms with Gasteiger partial charge in [-0.15, -0.1) is 22.7 Å². The van der Waals surface area contributed by atoms with Crippen molar-refractivity contribution in [3.05, 3.63) is 29.6 Å². The third-order valence-electron chi connectivity index (χ3n) is 2.15. The average molecular weight is 237 g/mol. The van der Waals surface area contributed by atoms with Gasteiger partial charge in [0.05, 0.1) is 11.5 Å². The molecule has 76 valence electrons. The highest BCUT2D eigenvalue weighted by atomic mass is 32.1. The fraction of sp³-hybridized carbons (Fsp3) is 0.100. The molecule has 3 aromatic rings. The molecule has 0 aliphatic rings. The van der Waals surface area contributed by atoms with Crippen LogP contribution in [0.25, 0.3) is 20.0 Å². The highest BCUT2D eigenvalue weighted by Crippen LogP contribution is 2.37. The Morgan fingerprint density at radius 1 is 1.40 bits per heavy atom. The Labute approximate surface area is 93.6 Å². The summed E-state index contributed by atoms with van der Waals surface area (Å²) in [5, 5.41) is 11.1. The fourth-order valence-electron chi connectivity index (χ4n) is 1.46. The molecule has 0 radical (unpaired) electrons. The molecular weight excluding hydrogens is 230 g/mol. The molecule has 3 heterocycles. The second kappa shape index (κ2) is 3.44. The molecule has 15 heavy (non-hydrogen) atoms. The van der Waals surface area contributed by atoms with Gasteiger partial charge in [0.1, 0.15) is 5.69 Å². The first-order valence-electron chi connectivity index (χ1n) is 4.39. The lowest BCUT2D eigenvalue weighted by Gasteiger charge is -1.92. The first-order valence-corrected chi connectivity index (χ1v) is 6.08. The van der Waals surface area contributed by atoms with Crippen LogP contribution < -0.4 is 0 Å². The van der Waals surface area contributed by atoms with Crippen LogP contribution in [0.15, 0.2) is 28.3 Å². The number of fused-ring (bicyclic) bond motifs is 1. The van der Waals surface area contributed by atoms with Crippen LogP contribution >= 0.6 is 22.7 Å². The quantitative estimate of drug-likeness (QED) is 0.745. The van der Waals surface area contributed by atoms with E-state index < -0.39 is 0 Å². The monoisotopic (exact) mass is 237 g/mol. The minimum atomic E-state index is -0.0859. The summed E-state index contributed by atoms with van der Waals surface area (Å²) in [5.41, 5.74) is 0.601. The topological polar surface area (TPSA) is 46.3 Å². The molecule has 0 atom stereocenters. The third-order valence-corrected chi connectivity index (χ3v) is 4.25. The van der Waals surface area contributed by atoms with Gasteiger partial charge in [0.25, 0.3) is 0 Å². The maximum Gasteiger partial charge on any atom is 0.181 e. The van der Waals surface area contributed by atoms with Gasteiger partial charge in [0, 0.05) is 9.40 Å². The Balaban J connectivity index is 2.17. The maximum absolute atomic E-state index is 9.08. The first-order chi connectivity index (χ1) is 7.38. The molecule has 1 N–H and O–H groups in total. The zero-order valence-corrected chi connectivity index (χ0v) is 9.27. The van der Waals surface area contributed by atoms with Gasteiger partial charge in [-0.1, -0.05) is 0 Å². The molecule has 0 fully saturated rings. The molecule has 0 unspecified atom stereocenters. The SMILES string of the molecule is OCc1ncoc1-c1cc2sccc2s1. The average Bonchev–Trinajstić information content (AvgIpc) is 2.91. The van der Waals surface area contributed by atoms with Crippen LogP contribution in [-0.2, 0) is 6.61 Å². The summed E-state index contributed by atoms with van der Waals surface area (Å²) >= 11 is 3.36. The highest BCUT2D eigenvalue weighted by molar-refractivity contribution is 7.28. The van der Waals surface area contributed by atoms with Crippen LogP contribution in [0, 0.1) is 0 Å². The summed E-state index contributed by atoms with van der Waals surface area (Å²) in [6.07, 6.45) is 1.37. The third kappa shape index (κ3) is 1.40. The van der Waals surface area contributed by atoms with E-state index in [2.05, 4.69) is 22.5 Å². The Kier molecular flexibility index (Phi) is 2.09. The van der Waals surface area contributed by atoms with Gasteiger partial charge in [-0.3, -0.25) is 0 Å². The number of hydrogen-bond donors (Lipinski definition) is 1. The largest absolute Gasteiger partial charge is 0.442 e. The minimum absolute atomic E-state index is 0.0859. The van der Waals surface area contributed by atoms with E-state index in [0.717, 1.165) is 4.88 Å². The van der Waals surface area contributed by atoms with Crippen molar-refractivity contribution < 1.29 is 9.52 Å². The lowest BCUT2D eigenvalue weighted by atomic mass is 10.3. The standard InChI is InChI=1S/C10H7NO2S2/c12-4-6-10(13-5-11-6)9-3-8-7(15-9)1-2-14-8/h1-3,5,12H,4H2. The molecule has 0 aliphatic heterocycles. The Hall–Kier alpha value is -1.17. The second-order valence-corrected chi connectivity index (χ2v) is 5.08. The van der Waals surface area contributed by atoms with Crippen LogP contribution in [0.3, 0.4) is 0 Å². The molecule has 3 rings (SSSR count). The van der Waals surface area contributed by atoms with Crippen molar-refractivity contribution in [3.8, 4) is 10.6 Å². The van der Waals surface area contributed by atoms with Gasteiger partial charge in [-0.05, 0) is 17.5 Å². The smallest absolute Gasteiger partial charge is 0.181 e. The lowest BCUT2D eigenvalue weighted by molar-refractivity contribution is 0.277. The highest BCUT2D eigenvalue weighted by Gasteiger charge is 2.13. The Morgan fingerprint density at radius 2 is 2.33 bits per heavy atom. The molecule has 0 aliphatic carbocycles. The normalized spacial score (nSPS) is 11.3. The maximum atomic E-state index is 9.08. The van der Waals surface area contributed by atoms with E-state index in [4.69, 9.17) is 9.52 Å². The fourth-order valence-corrected chi connectivity index (χ4v) is 3.58. The second-order valence-electron chi connectivity index (χ2n) is 3.05. The number of oxazole rings is 1. The molecule has 0 bridgehead atoms. The van der Waals surface area contributed by atoms with Gasteiger partial charge in [0.2, 0.25) is 0 Å².